The van der Waals surface area contributed by atoms with Crippen LogP contribution in [0.15, 0.2) is 25.3 Å². The minimum absolute atomic E-state index is 0.394. The highest BCUT2D eigenvalue weighted by Crippen LogP contribution is 1.67. The lowest BCUT2D eigenvalue weighted by Crippen LogP contribution is -1.91. The molecule has 0 N–H and O–H groups in total. The number of allylic oxidation sites excluding steroid dienone is 1. The zero-order valence-corrected chi connectivity index (χ0v) is 6.59. The molecule has 0 radical (unpaired) electrons. The topological polar surface area (TPSA) is 26.3 Å². The first-order chi connectivity index (χ1) is 4.72. The van der Waals surface area contributed by atoms with E-state index in [0.717, 1.165) is 12.5 Å². The quantitative estimate of drug-likeness (QED) is 0.334. The molecular formula is C8H14O2. The highest BCUT2D eigenvalue weighted by molar-refractivity contribution is 5.80. The van der Waals surface area contributed by atoms with Crippen molar-refractivity contribution < 1.29 is 9.53 Å². The molecule has 0 aromatic carbocycles. The van der Waals surface area contributed by atoms with E-state index in [-0.39, 0.29) is 0 Å². The van der Waals surface area contributed by atoms with Crippen molar-refractivity contribution in [3.8, 4) is 0 Å². The van der Waals surface area contributed by atoms with Crippen LogP contribution >= 0.6 is 0 Å². The number of ether oxygens (including phenoxy) is 1. The van der Waals surface area contributed by atoms with Crippen LogP contribution < -0.4 is 0 Å². The molecule has 0 amide bonds. The lowest BCUT2D eigenvalue weighted by Gasteiger charge is -1.83. The van der Waals surface area contributed by atoms with Gasteiger partial charge in [0.2, 0.25) is 0 Å². The molecule has 0 atom stereocenters. The Morgan fingerprint density at radius 3 is 2.00 bits per heavy atom. The summed E-state index contributed by atoms with van der Waals surface area (Å²) in [7, 11) is 1.31. The molecule has 0 aliphatic heterocycles. The Hall–Kier alpha value is -1.05. The number of carbonyl (C=O) groups is 1. The maximum Gasteiger partial charge on any atom is 0.329 e. The predicted molar refractivity (Wildman–Crippen MR) is 42.7 cm³/mol. The Labute approximate surface area is 62.2 Å². The van der Waals surface area contributed by atoms with Crippen LogP contribution in [0.4, 0.5) is 0 Å². The summed E-state index contributed by atoms with van der Waals surface area (Å²) in [6, 6.07) is 0. The van der Waals surface area contributed by atoms with Crippen molar-refractivity contribution in [3.63, 3.8) is 0 Å². The first-order valence-electron chi connectivity index (χ1n) is 3.04. The van der Waals surface area contributed by atoms with Crippen molar-refractivity contribution in [2.75, 3.05) is 7.11 Å². The van der Waals surface area contributed by atoms with E-state index in [1.807, 2.05) is 6.08 Å². The molecule has 0 fully saturated rings. The van der Waals surface area contributed by atoms with Gasteiger partial charge in [-0.1, -0.05) is 19.6 Å². The standard InChI is InChI=1S/C4H6O2.C4H8/c1-3-4(5)6-2;1-3-4-2/h3H,1H2,2H3;3H,1,4H2,2H3. The number of methoxy groups -OCH3 is 1. The molecule has 0 bridgehead atoms. The predicted octanol–water partition coefficient (Wildman–Crippen LogP) is 1.93. The van der Waals surface area contributed by atoms with E-state index in [2.05, 4.69) is 24.8 Å². The van der Waals surface area contributed by atoms with E-state index in [4.69, 9.17) is 0 Å². The van der Waals surface area contributed by atoms with Crippen LogP contribution in [0.25, 0.3) is 0 Å². The smallest absolute Gasteiger partial charge is 0.329 e. The van der Waals surface area contributed by atoms with Gasteiger partial charge in [-0.15, -0.1) is 6.58 Å². The van der Waals surface area contributed by atoms with Crippen LogP contribution in [-0.2, 0) is 9.53 Å². The zero-order chi connectivity index (χ0) is 8.41. The summed E-state index contributed by atoms with van der Waals surface area (Å²) in [5.41, 5.74) is 0. The average Bonchev–Trinajstić information content (AvgIpc) is 2.03. The lowest BCUT2D eigenvalue weighted by atomic mass is 10.5. The minimum Gasteiger partial charge on any atom is -0.466 e. The summed E-state index contributed by atoms with van der Waals surface area (Å²) in [4.78, 5) is 9.84. The highest BCUT2D eigenvalue weighted by Gasteiger charge is 1.81. The summed E-state index contributed by atoms with van der Waals surface area (Å²) in [5.74, 6) is -0.394. The molecule has 0 spiro atoms. The van der Waals surface area contributed by atoms with Gasteiger partial charge in [0.1, 0.15) is 0 Å². The van der Waals surface area contributed by atoms with Crippen LogP contribution in [0, 0.1) is 0 Å². The second kappa shape index (κ2) is 10.8. The average molecular weight is 142 g/mol. The summed E-state index contributed by atoms with van der Waals surface area (Å²) in [5, 5.41) is 0. The summed E-state index contributed by atoms with van der Waals surface area (Å²) >= 11 is 0. The van der Waals surface area contributed by atoms with Gasteiger partial charge in [0.15, 0.2) is 0 Å². The van der Waals surface area contributed by atoms with Crippen LogP contribution in [0.2, 0.25) is 0 Å². The number of hydrogen-bond acceptors (Lipinski definition) is 2. The Bertz CT molecular complexity index is 106. The third-order valence-electron chi connectivity index (χ3n) is 0.657. The van der Waals surface area contributed by atoms with Gasteiger partial charge in [-0.3, -0.25) is 0 Å². The summed E-state index contributed by atoms with van der Waals surface area (Å²) < 4.78 is 4.14. The van der Waals surface area contributed by atoms with Gasteiger partial charge in [-0.2, -0.15) is 0 Å². The number of rotatable bonds is 2. The summed E-state index contributed by atoms with van der Waals surface area (Å²) in [6.07, 6.45) is 4.07. The number of hydrogen-bond donors (Lipinski definition) is 0. The summed E-state index contributed by atoms with van der Waals surface area (Å²) in [6.45, 7) is 8.70. The Balaban J connectivity index is 0. The van der Waals surface area contributed by atoms with Gasteiger partial charge in [0, 0.05) is 6.08 Å². The van der Waals surface area contributed by atoms with Crippen LogP contribution in [0.1, 0.15) is 13.3 Å². The second-order valence-electron chi connectivity index (χ2n) is 1.42. The maximum atomic E-state index is 9.84. The first kappa shape index (κ1) is 11.7. The Morgan fingerprint density at radius 2 is 2.00 bits per heavy atom. The Kier molecular flexibility index (Phi) is 12.7. The van der Waals surface area contributed by atoms with Crippen LogP contribution in [0.5, 0.6) is 0 Å². The number of esters is 1. The fraction of sp³-hybridized carbons (Fsp3) is 0.375. The molecule has 0 unspecified atom stereocenters. The molecule has 10 heavy (non-hydrogen) atoms. The lowest BCUT2D eigenvalue weighted by molar-refractivity contribution is -0.134. The first-order valence-corrected chi connectivity index (χ1v) is 3.04. The fourth-order valence-electron chi connectivity index (χ4n) is 0.0833. The van der Waals surface area contributed by atoms with Crippen molar-refractivity contribution in [2.45, 2.75) is 13.3 Å². The molecule has 0 rings (SSSR count). The molecule has 0 aromatic rings. The molecule has 0 aliphatic rings. The monoisotopic (exact) mass is 142 g/mol. The SMILES string of the molecule is C=CC(=O)OC.C=CCC. The normalized spacial score (nSPS) is 6.60. The van der Waals surface area contributed by atoms with Gasteiger partial charge in [-0.25, -0.2) is 4.79 Å². The van der Waals surface area contributed by atoms with E-state index in [0.29, 0.717) is 0 Å². The molecule has 2 nitrogen and oxygen atoms in total. The van der Waals surface area contributed by atoms with Crippen molar-refractivity contribution in [1.82, 2.24) is 0 Å². The van der Waals surface area contributed by atoms with Crippen molar-refractivity contribution >= 4 is 5.97 Å². The van der Waals surface area contributed by atoms with Gasteiger partial charge in [0.05, 0.1) is 7.11 Å². The van der Waals surface area contributed by atoms with Gasteiger partial charge in [0.25, 0.3) is 0 Å². The highest BCUT2D eigenvalue weighted by atomic mass is 16.5. The molecule has 58 valence electrons. The second-order valence-corrected chi connectivity index (χ2v) is 1.42. The van der Waals surface area contributed by atoms with Gasteiger partial charge in [-0.05, 0) is 6.42 Å². The molecule has 0 aromatic heterocycles. The molecule has 2 heteroatoms. The van der Waals surface area contributed by atoms with Crippen LogP contribution in [0.3, 0.4) is 0 Å². The zero-order valence-electron chi connectivity index (χ0n) is 6.59. The van der Waals surface area contributed by atoms with Gasteiger partial charge < -0.3 is 4.74 Å². The molecular weight excluding hydrogens is 128 g/mol. The molecule has 0 aliphatic carbocycles. The van der Waals surface area contributed by atoms with E-state index in [1.165, 1.54) is 7.11 Å². The fourth-order valence-corrected chi connectivity index (χ4v) is 0.0833. The number of carbonyl (C=O) groups excluding carboxylic acids is 1. The van der Waals surface area contributed by atoms with E-state index in [1.54, 1.807) is 0 Å². The third-order valence-corrected chi connectivity index (χ3v) is 0.657. The molecule has 0 saturated carbocycles. The van der Waals surface area contributed by atoms with Gasteiger partial charge >= 0.3 is 5.97 Å². The Morgan fingerprint density at radius 1 is 1.60 bits per heavy atom. The molecule has 0 saturated heterocycles. The van der Waals surface area contributed by atoms with E-state index >= 15 is 0 Å². The minimum atomic E-state index is -0.394. The van der Waals surface area contributed by atoms with Crippen molar-refractivity contribution in [2.24, 2.45) is 0 Å². The largest absolute Gasteiger partial charge is 0.466 e. The van der Waals surface area contributed by atoms with Crippen LogP contribution in [-0.4, -0.2) is 13.1 Å². The van der Waals surface area contributed by atoms with Crippen molar-refractivity contribution in [1.29, 1.82) is 0 Å². The third kappa shape index (κ3) is 15.8. The van der Waals surface area contributed by atoms with E-state index in [9.17, 15) is 4.79 Å². The van der Waals surface area contributed by atoms with E-state index < -0.39 is 5.97 Å². The molecule has 0 heterocycles. The maximum absolute atomic E-state index is 9.84. The van der Waals surface area contributed by atoms with Crippen molar-refractivity contribution in [3.05, 3.63) is 25.3 Å².